The lowest BCUT2D eigenvalue weighted by molar-refractivity contribution is 0.272. The first-order valence-corrected chi connectivity index (χ1v) is 12.4. The van der Waals surface area contributed by atoms with Crippen molar-refractivity contribution < 1.29 is 9.32 Å². The molecule has 2 aromatic rings. The number of hydrogen-bond acceptors (Lipinski definition) is 3. The van der Waals surface area contributed by atoms with Crippen LogP contribution >= 0.6 is 0 Å². The minimum atomic E-state index is -1.13. The van der Waals surface area contributed by atoms with E-state index in [1.165, 1.54) is 0 Å². The van der Waals surface area contributed by atoms with Gasteiger partial charge in [0.1, 0.15) is 5.75 Å². The fraction of sp³-hybridized carbons (Fsp3) is 0.520. The Labute approximate surface area is 178 Å². The third-order valence-electron chi connectivity index (χ3n) is 6.20. The summed E-state index contributed by atoms with van der Waals surface area (Å²) in [6.45, 7) is 7.39. The van der Waals surface area contributed by atoms with Crippen molar-refractivity contribution in [2.24, 2.45) is 5.41 Å². The summed E-state index contributed by atoms with van der Waals surface area (Å²) in [6.07, 6.45) is 7.57. The molecular formula is C25H35NO2S. The average molecular weight is 414 g/mol. The first kappa shape index (κ1) is 21.9. The van der Waals surface area contributed by atoms with Gasteiger partial charge in [-0.2, -0.15) is 0 Å². The molecule has 2 aromatic carbocycles. The third kappa shape index (κ3) is 4.85. The lowest BCUT2D eigenvalue weighted by atomic mass is 9.79. The number of fused-ring (bicyclic) bond motifs is 1. The number of benzene rings is 2. The van der Waals surface area contributed by atoms with Crippen LogP contribution in [0.1, 0.15) is 64.9 Å². The van der Waals surface area contributed by atoms with Crippen LogP contribution < -0.4 is 4.90 Å². The van der Waals surface area contributed by atoms with Crippen molar-refractivity contribution in [1.29, 1.82) is 0 Å². The Kier molecular flexibility index (Phi) is 7.39. The second kappa shape index (κ2) is 9.80. The molecule has 1 heterocycles. The normalized spacial score (nSPS) is 18.3. The summed E-state index contributed by atoms with van der Waals surface area (Å²) >= 11 is 0. The minimum absolute atomic E-state index is 0.0216. The quantitative estimate of drug-likeness (QED) is 0.531. The number of para-hydroxylation sites is 1. The second-order valence-electron chi connectivity index (χ2n) is 8.42. The first-order valence-electron chi connectivity index (χ1n) is 11.1. The van der Waals surface area contributed by atoms with E-state index in [2.05, 4.69) is 56.0 Å². The molecule has 1 aliphatic rings. The fourth-order valence-corrected chi connectivity index (χ4v) is 6.21. The highest BCUT2D eigenvalue weighted by molar-refractivity contribution is 7.85. The molecule has 0 saturated carbocycles. The van der Waals surface area contributed by atoms with E-state index in [1.54, 1.807) is 6.07 Å². The average Bonchev–Trinajstić information content (AvgIpc) is 2.86. The van der Waals surface area contributed by atoms with E-state index in [0.29, 0.717) is 5.75 Å². The minimum Gasteiger partial charge on any atom is -0.508 e. The van der Waals surface area contributed by atoms with Crippen LogP contribution in [0.5, 0.6) is 5.75 Å². The number of hydrogen-bond donors (Lipinski definition) is 1. The zero-order valence-electron chi connectivity index (χ0n) is 18.1. The highest BCUT2D eigenvalue weighted by Crippen LogP contribution is 2.45. The third-order valence-corrected chi connectivity index (χ3v) is 7.89. The van der Waals surface area contributed by atoms with Crippen LogP contribution in [0.4, 0.5) is 11.4 Å². The molecule has 1 N–H and O–H groups in total. The van der Waals surface area contributed by atoms with Crippen LogP contribution in [0.25, 0.3) is 0 Å². The number of aromatic hydroxyl groups is 1. The van der Waals surface area contributed by atoms with Gasteiger partial charge in [-0.05, 0) is 49.1 Å². The van der Waals surface area contributed by atoms with E-state index in [4.69, 9.17) is 0 Å². The number of unbranched alkanes of at least 4 members (excludes halogenated alkanes) is 2. The maximum Gasteiger partial charge on any atom is 0.120 e. The topological polar surface area (TPSA) is 40.5 Å². The summed E-state index contributed by atoms with van der Waals surface area (Å²) in [6, 6.07) is 14.3. The molecule has 29 heavy (non-hydrogen) atoms. The molecule has 0 saturated heterocycles. The number of phenolic OH excluding ortho intramolecular Hbond substituents is 1. The standard InChI is InChI=1S/C25H35NO2S/c1-4-7-14-25(15-8-5-2)18-26(21-12-10-9-11-13-21)22-16-20(6-3)23(27)17-24(22)29(28)19-25/h9-13,16-17,27H,4-8,14-15,18-19H2,1-3H3. The van der Waals surface area contributed by atoms with Gasteiger partial charge in [-0.25, -0.2) is 0 Å². The Bertz CT molecular complexity index is 826. The number of anilines is 2. The Morgan fingerprint density at radius 2 is 1.69 bits per heavy atom. The zero-order valence-corrected chi connectivity index (χ0v) is 18.9. The van der Waals surface area contributed by atoms with Crippen molar-refractivity contribution in [1.82, 2.24) is 0 Å². The van der Waals surface area contributed by atoms with Crippen molar-refractivity contribution >= 4 is 22.2 Å². The van der Waals surface area contributed by atoms with Gasteiger partial charge < -0.3 is 10.0 Å². The van der Waals surface area contributed by atoms with Gasteiger partial charge >= 0.3 is 0 Å². The lowest BCUT2D eigenvalue weighted by Gasteiger charge is -2.37. The van der Waals surface area contributed by atoms with Gasteiger partial charge in [-0.3, -0.25) is 4.21 Å². The summed E-state index contributed by atoms with van der Waals surface area (Å²) in [5, 5.41) is 10.5. The highest BCUT2D eigenvalue weighted by atomic mass is 32.2. The van der Waals surface area contributed by atoms with Crippen LogP contribution in [-0.2, 0) is 17.2 Å². The SMILES string of the molecule is CCCCC1(CCCC)CN(c2ccccc2)c2cc(CC)c(O)cc2S(=O)C1. The van der Waals surface area contributed by atoms with Crippen molar-refractivity contribution in [2.45, 2.75) is 70.6 Å². The molecule has 0 aromatic heterocycles. The van der Waals surface area contributed by atoms with Crippen molar-refractivity contribution in [3.05, 3.63) is 48.0 Å². The van der Waals surface area contributed by atoms with Gasteiger partial charge in [0.25, 0.3) is 0 Å². The maximum absolute atomic E-state index is 13.5. The fourth-order valence-electron chi connectivity index (χ4n) is 4.47. The summed E-state index contributed by atoms with van der Waals surface area (Å²) in [4.78, 5) is 3.14. The first-order chi connectivity index (χ1) is 14.0. The summed E-state index contributed by atoms with van der Waals surface area (Å²) < 4.78 is 13.5. The Balaban J connectivity index is 2.15. The molecule has 1 aliphatic heterocycles. The predicted molar refractivity (Wildman–Crippen MR) is 124 cm³/mol. The molecule has 158 valence electrons. The molecular weight excluding hydrogens is 378 g/mol. The van der Waals surface area contributed by atoms with Gasteiger partial charge in [0.05, 0.1) is 21.4 Å². The molecule has 0 fully saturated rings. The monoisotopic (exact) mass is 413 g/mol. The summed E-state index contributed by atoms with van der Waals surface area (Å²) in [5.41, 5.74) is 3.07. The second-order valence-corrected chi connectivity index (χ2v) is 9.84. The van der Waals surface area contributed by atoms with Gasteiger partial charge in [0.15, 0.2) is 0 Å². The van der Waals surface area contributed by atoms with Crippen LogP contribution in [0.2, 0.25) is 0 Å². The van der Waals surface area contributed by atoms with Crippen LogP contribution in [0, 0.1) is 5.41 Å². The molecule has 4 heteroatoms. The molecule has 3 nitrogen and oxygen atoms in total. The van der Waals surface area contributed by atoms with E-state index >= 15 is 0 Å². The molecule has 1 atom stereocenters. The molecule has 0 bridgehead atoms. The van der Waals surface area contributed by atoms with Crippen molar-refractivity contribution in [3.8, 4) is 5.75 Å². The summed E-state index contributed by atoms with van der Waals surface area (Å²) in [7, 11) is -1.13. The molecule has 3 rings (SSSR count). The number of nitrogens with zero attached hydrogens (tertiary/aromatic N) is 1. The molecule has 0 spiro atoms. The molecule has 0 radical (unpaired) electrons. The largest absolute Gasteiger partial charge is 0.508 e. The van der Waals surface area contributed by atoms with Crippen LogP contribution in [-0.4, -0.2) is 21.6 Å². The molecule has 0 aliphatic carbocycles. The Morgan fingerprint density at radius 3 is 2.28 bits per heavy atom. The van der Waals surface area contributed by atoms with Crippen molar-refractivity contribution in [3.63, 3.8) is 0 Å². The van der Waals surface area contributed by atoms with Gasteiger partial charge in [-0.15, -0.1) is 0 Å². The number of aryl methyl sites for hydroxylation is 1. The van der Waals surface area contributed by atoms with Crippen LogP contribution in [0.15, 0.2) is 47.4 Å². The van der Waals surface area contributed by atoms with Gasteiger partial charge in [-0.1, -0.05) is 64.7 Å². The maximum atomic E-state index is 13.5. The number of phenols is 1. The predicted octanol–water partition coefficient (Wildman–Crippen LogP) is 6.58. The number of rotatable bonds is 8. The van der Waals surface area contributed by atoms with E-state index in [-0.39, 0.29) is 11.2 Å². The smallest absolute Gasteiger partial charge is 0.120 e. The highest BCUT2D eigenvalue weighted by Gasteiger charge is 2.38. The van der Waals surface area contributed by atoms with Gasteiger partial charge in [0, 0.05) is 23.4 Å². The summed E-state index contributed by atoms with van der Waals surface area (Å²) in [5.74, 6) is 0.941. The van der Waals surface area contributed by atoms with E-state index in [0.717, 1.165) is 73.3 Å². The Morgan fingerprint density at radius 1 is 1.03 bits per heavy atom. The van der Waals surface area contributed by atoms with Gasteiger partial charge in [0.2, 0.25) is 0 Å². The van der Waals surface area contributed by atoms with E-state index in [9.17, 15) is 9.32 Å². The Hall–Kier alpha value is -1.81. The lowest BCUT2D eigenvalue weighted by Crippen LogP contribution is -2.37. The van der Waals surface area contributed by atoms with Crippen molar-refractivity contribution in [2.75, 3.05) is 17.2 Å². The van der Waals surface area contributed by atoms with E-state index in [1.807, 2.05) is 6.07 Å². The molecule has 0 amide bonds. The zero-order chi connectivity index (χ0) is 20.9. The van der Waals surface area contributed by atoms with E-state index < -0.39 is 10.8 Å². The van der Waals surface area contributed by atoms with Crippen LogP contribution in [0.3, 0.4) is 0 Å². The molecule has 1 unspecified atom stereocenters.